The van der Waals surface area contributed by atoms with Crippen molar-refractivity contribution in [3.05, 3.63) is 18.3 Å². The van der Waals surface area contributed by atoms with Gasteiger partial charge in [0.2, 0.25) is 10.0 Å². The Hall–Kier alpha value is -1.14. The standard InChI is InChI=1S/C13H21N3O2S/c1-13(2)8-4-3-5-11(13)16-19(17,18)10-6-7-12(14)15-9-10/h6-7,9,11,16H,3-5,8H2,1-2H3,(H2,14,15). The lowest BCUT2D eigenvalue weighted by atomic mass is 9.74. The normalized spacial score (nSPS) is 23.2. The van der Waals surface area contributed by atoms with Gasteiger partial charge in [-0.3, -0.25) is 0 Å². The minimum atomic E-state index is -3.52. The van der Waals surface area contributed by atoms with Gasteiger partial charge in [0.25, 0.3) is 0 Å². The maximum Gasteiger partial charge on any atom is 0.242 e. The van der Waals surface area contributed by atoms with E-state index in [1.54, 1.807) is 0 Å². The molecule has 6 heteroatoms. The molecule has 0 spiro atoms. The van der Waals surface area contributed by atoms with Crippen molar-refractivity contribution < 1.29 is 8.42 Å². The number of anilines is 1. The summed E-state index contributed by atoms with van der Waals surface area (Å²) in [7, 11) is -3.52. The van der Waals surface area contributed by atoms with Gasteiger partial charge in [0.15, 0.2) is 0 Å². The molecule has 5 nitrogen and oxygen atoms in total. The summed E-state index contributed by atoms with van der Waals surface area (Å²) in [6.45, 7) is 4.22. The average Bonchev–Trinajstić information content (AvgIpc) is 2.32. The molecule has 1 unspecified atom stereocenters. The van der Waals surface area contributed by atoms with Gasteiger partial charge < -0.3 is 5.73 Å². The van der Waals surface area contributed by atoms with E-state index in [0.29, 0.717) is 5.82 Å². The van der Waals surface area contributed by atoms with Crippen LogP contribution >= 0.6 is 0 Å². The molecule has 1 fully saturated rings. The molecule has 3 N–H and O–H groups in total. The number of nitrogens with two attached hydrogens (primary N) is 1. The van der Waals surface area contributed by atoms with Crippen LogP contribution in [0.1, 0.15) is 39.5 Å². The number of pyridine rings is 1. The topological polar surface area (TPSA) is 85.1 Å². The van der Waals surface area contributed by atoms with Gasteiger partial charge in [-0.05, 0) is 30.4 Å². The molecule has 1 aromatic rings. The van der Waals surface area contributed by atoms with Crippen molar-refractivity contribution in [2.24, 2.45) is 5.41 Å². The maximum absolute atomic E-state index is 12.3. The monoisotopic (exact) mass is 283 g/mol. The molecule has 19 heavy (non-hydrogen) atoms. The molecular formula is C13H21N3O2S. The van der Waals surface area contributed by atoms with Gasteiger partial charge in [-0.2, -0.15) is 0 Å². The molecule has 0 bridgehead atoms. The third-order valence-corrected chi connectivity index (χ3v) is 5.33. The van der Waals surface area contributed by atoms with Crippen molar-refractivity contribution >= 4 is 15.8 Å². The van der Waals surface area contributed by atoms with E-state index in [-0.39, 0.29) is 16.4 Å². The summed E-state index contributed by atoms with van der Waals surface area (Å²) in [5, 5.41) is 0. The van der Waals surface area contributed by atoms with Crippen molar-refractivity contribution in [1.29, 1.82) is 0 Å². The lowest BCUT2D eigenvalue weighted by Crippen LogP contribution is -2.46. The molecule has 106 valence electrons. The molecule has 1 atom stereocenters. The Morgan fingerprint density at radius 2 is 2.11 bits per heavy atom. The summed E-state index contributed by atoms with van der Waals surface area (Å²) in [5.74, 6) is 0.317. The Kier molecular flexibility index (Phi) is 3.82. The van der Waals surface area contributed by atoms with Crippen LogP contribution in [0.3, 0.4) is 0 Å². The van der Waals surface area contributed by atoms with Crippen LogP contribution in [0.25, 0.3) is 0 Å². The van der Waals surface area contributed by atoms with Gasteiger partial charge in [-0.25, -0.2) is 18.1 Å². The van der Waals surface area contributed by atoms with Crippen LogP contribution in [0.5, 0.6) is 0 Å². The number of hydrogen-bond acceptors (Lipinski definition) is 4. The molecule has 1 aliphatic carbocycles. The predicted molar refractivity (Wildman–Crippen MR) is 75.0 cm³/mol. The summed E-state index contributed by atoms with van der Waals surface area (Å²) in [6, 6.07) is 2.96. The fourth-order valence-corrected chi connectivity index (χ4v) is 3.90. The number of sulfonamides is 1. The van der Waals surface area contributed by atoms with E-state index in [9.17, 15) is 8.42 Å². The number of nitrogens with one attached hydrogen (secondary N) is 1. The summed E-state index contributed by atoms with van der Waals surface area (Å²) < 4.78 is 27.4. The second-order valence-electron chi connectivity index (χ2n) is 5.83. The van der Waals surface area contributed by atoms with Crippen LogP contribution in [-0.2, 0) is 10.0 Å². The molecule has 1 aliphatic rings. The highest BCUT2D eigenvalue weighted by molar-refractivity contribution is 7.89. The van der Waals surface area contributed by atoms with Crippen molar-refractivity contribution in [2.75, 3.05) is 5.73 Å². The third kappa shape index (κ3) is 3.25. The molecule has 0 saturated heterocycles. The number of aromatic nitrogens is 1. The van der Waals surface area contributed by atoms with Gasteiger partial charge in [0, 0.05) is 12.2 Å². The van der Waals surface area contributed by atoms with E-state index in [1.165, 1.54) is 18.3 Å². The van der Waals surface area contributed by atoms with Gasteiger partial charge in [-0.15, -0.1) is 0 Å². The largest absolute Gasteiger partial charge is 0.384 e. The van der Waals surface area contributed by atoms with Gasteiger partial charge in [-0.1, -0.05) is 26.7 Å². The summed E-state index contributed by atoms with van der Waals surface area (Å²) in [5.41, 5.74) is 5.46. The minimum Gasteiger partial charge on any atom is -0.384 e. The van der Waals surface area contributed by atoms with Crippen LogP contribution < -0.4 is 10.5 Å². The molecular weight excluding hydrogens is 262 g/mol. The first kappa shape index (κ1) is 14.3. The number of nitrogen functional groups attached to an aromatic ring is 1. The highest BCUT2D eigenvalue weighted by atomic mass is 32.2. The molecule has 1 saturated carbocycles. The fraction of sp³-hybridized carbons (Fsp3) is 0.615. The van der Waals surface area contributed by atoms with Crippen LogP contribution in [0.4, 0.5) is 5.82 Å². The Balaban J connectivity index is 2.19. The lowest BCUT2D eigenvalue weighted by molar-refractivity contribution is 0.188. The second kappa shape index (κ2) is 5.09. The highest BCUT2D eigenvalue weighted by Crippen LogP contribution is 2.36. The van der Waals surface area contributed by atoms with E-state index in [0.717, 1.165) is 25.7 Å². The average molecular weight is 283 g/mol. The Morgan fingerprint density at radius 1 is 1.37 bits per heavy atom. The second-order valence-corrected chi connectivity index (χ2v) is 7.54. The van der Waals surface area contributed by atoms with E-state index >= 15 is 0 Å². The van der Waals surface area contributed by atoms with E-state index in [4.69, 9.17) is 5.73 Å². The fourth-order valence-electron chi connectivity index (χ4n) is 2.52. The molecule has 1 heterocycles. The molecule has 0 aromatic carbocycles. The minimum absolute atomic E-state index is 0.00738. The first-order valence-electron chi connectivity index (χ1n) is 6.55. The van der Waals surface area contributed by atoms with Gasteiger partial charge in [0.05, 0.1) is 0 Å². The zero-order chi connectivity index (χ0) is 14.1. The van der Waals surface area contributed by atoms with E-state index < -0.39 is 10.0 Å². The Morgan fingerprint density at radius 3 is 2.68 bits per heavy atom. The quantitative estimate of drug-likeness (QED) is 0.887. The lowest BCUT2D eigenvalue weighted by Gasteiger charge is -2.38. The smallest absolute Gasteiger partial charge is 0.242 e. The number of nitrogens with zero attached hydrogens (tertiary/aromatic N) is 1. The number of hydrogen-bond donors (Lipinski definition) is 2. The molecule has 1 aromatic heterocycles. The predicted octanol–water partition coefficient (Wildman–Crippen LogP) is 1.91. The van der Waals surface area contributed by atoms with Crippen LogP contribution in [0, 0.1) is 5.41 Å². The van der Waals surface area contributed by atoms with Crippen molar-refractivity contribution in [3.8, 4) is 0 Å². The first-order chi connectivity index (χ1) is 8.81. The zero-order valence-corrected chi connectivity index (χ0v) is 12.2. The highest BCUT2D eigenvalue weighted by Gasteiger charge is 2.35. The molecule has 0 aliphatic heterocycles. The molecule has 0 radical (unpaired) electrons. The van der Waals surface area contributed by atoms with E-state index in [1.807, 2.05) is 0 Å². The Bertz CT molecular complexity index is 538. The molecule has 2 rings (SSSR count). The van der Waals surface area contributed by atoms with Crippen molar-refractivity contribution in [3.63, 3.8) is 0 Å². The van der Waals surface area contributed by atoms with Crippen LogP contribution in [0.2, 0.25) is 0 Å². The third-order valence-electron chi connectivity index (χ3n) is 3.87. The number of rotatable bonds is 3. The zero-order valence-electron chi connectivity index (χ0n) is 11.4. The summed E-state index contributed by atoms with van der Waals surface area (Å²) in [6.07, 6.45) is 5.45. The molecule has 0 amide bonds. The summed E-state index contributed by atoms with van der Waals surface area (Å²) in [4.78, 5) is 4.00. The summed E-state index contributed by atoms with van der Waals surface area (Å²) >= 11 is 0. The maximum atomic E-state index is 12.3. The van der Waals surface area contributed by atoms with Crippen LogP contribution in [-0.4, -0.2) is 19.4 Å². The van der Waals surface area contributed by atoms with Crippen molar-refractivity contribution in [2.45, 2.75) is 50.5 Å². The van der Waals surface area contributed by atoms with Crippen LogP contribution in [0.15, 0.2) is 23.2 Å². The van der Waals surface area contributed by atoms with E-state index in [2.05, 4.69) is 23.6 Å². The van der Waals surface area contributed by atoms with Gasteiger partial charge >= 0.3 is 0 Å². The Labute approximate surface area is 114 Å². The first-order valence-corrected chi connectivity index (χ1v) is 8.03. The van der Waals surface area contributed by atoms with Crippen molar-refractivity contribution in [1.82, 2.24) is 9.71 Å². The SMILES string of the molecule is CC1(C)CCCCC1NS(=O)(=O)c1ccc(N)nc1. The van der Waals surface area contributed by atoms with Gasteiger partial charge in [0.1, 0.15) is 10.7 Å².